The molecule has 1 spiro atoms. The summed E-state index contributed by atoms with van der Waals surface area (Å²) in [5.41, 5.74) is 2.39. The number of ether oxygens (including phenoxy) is 1. The lowest BCUT2D eigenvalue weighted by Gasteiger charge is -2.41. The molecule has 1 saturated heterocycles. The fraction of sp³-hybridized carbons (Fsp3) is 0.414. The highest BCUT2D eigenvalue weighted by Gasteiger charge is 2.48. The lowest BCUT2D eigenvalue weighted by atomic mass is 9.73. The number of pyridine rings is 2. The second-order valence-electron chi connectivity index (χ2n) is 10.9. The Labute approximate surface area is 215 Å². The second-order valence-corrected chi connectivity index (χ2v) is 10.9. The van der Waals surface area contributed by atoms with E-state index in [1.54, 1.807) is 29.8 Å². The summed E-state index contributed by atoms with van der Waals surface area (Å²) in [7, 11) is 0. The van der Waals surface area contributed by atoms with Gasteiger partial charge < -0.3 is 15.2 Å². The largest absolute Gasteiger partial charge is 0.491 e. The molecule has 1 amide bonds. The summed E-state index contributed by atoms with van der Waals surface area (Å²) < 4.78 is 7.71. The van der Waals surface area contributed by atoms with Crippen molar-refractivity contribution in [3.8, 4) is 5.75 Å². The number of rotatable bonds is 6. The summed E-state index contributed by atoms with van der Waals surface area (Å²) in [5, 5.41) is 14.0. The van der Waals surface area contributed by atoms with Gasteiger partial charge in [-0.3, -0.25) is 19.1 Å². The molecule has 2 aromatic heterocycles. The van der Waals surface area contributed by atoms with Crippen LogP contribution in [0.3, 0.4) is 0 Å². The number of nitrogens with zero attached hydrogens (tertiary/aromatic N) is 3. The van der Waals surface area contributed by atoms with Crippen molar-refractivity contribution < 1.29 is 14.6 Å². The molecule has 0 unspecified atom stereocenters. The molecule has 3 aromatic rings. The third kappa shape index (κ3) is 4.14. The number of aliphatic hydroxyl groups is 1. The number of carbonyl (C=O) groups excluding carboxylic acids is 1. The van der Waals surface area contributed by atoms with Crippen molar-refractivity contribution in [2.45, 2.75) is 49.7 Å². The summed E-state index contributed by atoms with van der Waals surface area (Å²) >= 11 is 0. The lowest BCUT2D eigenvalue weighted by Crippen LogP contribution is -2.47. The first-order chi connectivity index (χ1) is 17.8. The van der Waals surface area contributed by atoms with Gasteiger partial charge in [-0.1, -0.05) is 18.7 Å². The molecule has 1 aliphatic carbocycles. The molecular formula is C29H32N4O4. The minimum Gasteiger partial charge on any atom is -0.491 e. The molecule has 0 bridgehead atoms. The van der Waals surface area contributed by atoms with Gasteiger partial charge in [-0.15, -0.1) is 0 Å². The van der Waals surface area contributed by atoms with Gasteiger partial charge in [0.05, 0.1) is 17.2 Å². The van der Waals surface area contributed by atoms with Crippen LogP contribution in [0.4, 0.5) is 5.69 Å². The molecule has 192 valence electrons. The molecule has 0 radical (unpaired) electrons. The van der Waals surface area contributed by atoms with Gasteiger partial charge in [0, 0.05) is 29.7 Å². The van der Waals surface area contributed by atoms with Crippen molar-refractivity contribution in [2.75, 3.05) is 31.6 Å². The van der Waals surface area contributed by atoms with Crippen molar-refractivity contribution in [1.82, 2.24) is 14.5 Å². The molecule has 2 N–H and O–H groups in total. The van der Waals surface area contributed by atoms with Gasteiger partial charge in [0.1, 0.15) is 18.0 Å². The van der Waals surface area contributed by atoms with Crippen LogP contribution >= 0.6 is 0 Å². The van der Waals surface area contributed by atoms with Crippen LogP contribution in [0.5, 0.6) is 5.75 Å². The molecular weight excluding hydrogens is 468 g/mol. The van der Waals surface area contributed by atoms with Crippen LogP contribution < -0.4 is 15.6 Å². The predicted octanol–water partition coefficient (Wildman–Crippen LogP) is 3.49. The van der Waals surface area contributed by atoms with E-state index in [1.807, 2.05) is 24.3 Å². The summed E-state index contributed by atoms with van der Waals surface area (Å²) in [5.74, 6) is 0.763. The molecule has 8 nitrogen and oxygen atoms in total. The number of anilines is 1. The molecule has 2 fully saturated rings. The Morgan fingerprint density at radius 3 is 2.70 bits per heavy atom. The summed E-state index contributed by atoms with van der Waals surface area (Å²) in [4.78, 5) is 32.3. The van der Waals surface area contributed by atoms with Crippen LogP contribution in [0.15, 0.2) is 54.0 Å². The maximum absolute atomic E-state index is 12.9. The molecule has 4 heterocycles. The number of likely N-dealkylation sites (tertiary alicyclic amines) is 1. The predicted molar refractivity (Wildman–Crippen MR) is 143 cm³/mol. The van der Waals surface area contributed by atoms with Gasteiger partial charge in [-0.05, 0) is 81.1 Å². The average molecular weight is 501 g/mol. The first kappa shape index (κ1) is 23.9. The van der Waals surface area contributed by atoms with Crippen LogP contribution in [-0.4, -0.2) is 57.3 Å². The Kier molecular flexibility index (Phi) is 5.69. The first-order valence-corrected chi connectivity index (χ1v) is 13.0. The number of hydrogen-bond acceptors (Lipinski definition) is 6. The van der Waals surface area contributed by atoms with E-state index in [-0.39, 0.29) is 17.5 Å². The van der Waals surface area contributed by atoms with Gasteiger partial charge >= 0.3 is 0 Å². The van der Waals surface area contributed by atoms with E-state index in [4.69, 9.17) is 4.74 Å². The van der Waals surface area contributed by atoms with E-state index in [1.165, 1.54) is 0 Å². The van der Waals surface area contributed by atoms with Crippen LogP contribution in [0.2, 0.25) is 0 Å². The van der Waals surface area contributed by atoms with Crippen molar-refractivity contribution in [2.24, 2.45) is 0 Å². The van der Waals surface area contributed by atoms with Crippen molar-refractivity contribution >= 4 is 28.7 Å². The number of fused-ring (bicyclic) bond motifs is 3. The van der Waals surface area contributed by atoms with Crippen LogP contribution in [-0.2, 0) is 10.2 Å². The van der Waals surface area contributed by atoms with E-state index in [0.717, 1.165) is 54.7 Å². The zero-order chi connectivity index (χ0) is 25.8. The Bertz CT molecular complexity index is 1440. The second kappa shape index (κ2) is 8.82. The van der Waals surface area contributed by atoms with Crippen molar-refractivity contribution in [3.05, 3.63) is 70.7 Å². The highest BCUT2D eigenvalue weighted by Crippen LogP contribution is 2.45. The molecule has 2 aliphatic heterocycles. The van der Waals surface area contributed by atoms with Gasteiger partial charge in [-0.25, -0.2) is 4.98 Å². The van der Waals surface area contributed by atoms with Gasteiger partial charge in [0.25, 0.3) is 5.56 Å². The molecule has 1 aromatic carbocycles. The Hall–Kier alpha value is -3.49. The molecule has 3 aliphatic rings. The van der Waals surface area contributed by atoms with Gasteiger partial charge in [-0.2, -0.15) is 0 Å². The average Bonchev–Trinajstić information content (AvgIpc) is 3.14. The number of hydrogen-bond donors (Lipinski definition) is 2. The van der Waals surface area contributed by atoms with Crippen molar-refractivity contribution in [1.29, 1.82) is 0 Å². The maximum Gasteiger partial charge on any atom is 0.252 e. The summed E-state index contributed by atoms with van der Waals surface area (Å²) in [6.45, 7) is 8.57. The van der Waals surface area contributed by atoms with E-state index in [9.17, 15) is 14.7 Å². The summed E-state index contributed by atoms with van der Waals surface area (Å²) in [6, 6.07) is 11.3. The minimum absolute atomic E-state index is 0.0369. The lowest BCUT2D eigenvalue weighted by molar-refractivity contribution is -0.122. The first-order valence-electron chi connectivity index (χ1n) is 13.0. The third-order valence-electron chi connectivity index (χ3n) is 8.32. The summed E-state index contributed by atoms with van der Waals surface area (Å²) in [6.07, 6.45) is 6.13. The molecule has 0 atom stereocenters. The van der Waals surface area contributed by atoms with Crippen molar-refractivity contribution in [3.63, 3.8) is 0 Å². The molecule has 1 saturated carbocycles. The Morgan fingerprint density at radius 2 is 1.97 bits per heavy atom. The standard InChI is InChI=1S/C29H32N4O4/c1-3-19-4-6-24-23(14-19)29(27(35)31-24)8-10-32(11-9-29)12-13-37-22-15-20-5-7-25(34)33(26(20)30-18-22)21-16-28(2,36)17-21/h3-7,14-15,18,21,36H,1,8-13,16-17H2,2H3,(H,31,35). The number of carbonyl (C=O) groups is 1. The number of benzene rings is 1. The number of nitrogens with one attached hydrogen (secondary N) is 1. The zero-order valence-electron chi connectivity index (χ0n) is 21.1. The molecule has 8 heteroatoms. The number of amides is 1. The topological polar surface area (TPSA) is 96.7 Å². The minimum atomic E-state index is -0.719. The fourth-order valence-electron chi connectivity index (χ4n) is 6.20. The number of aromatic nitrogens is 2. The quantitative estimate of drug-likeness (QED) is 0.538. The number of piperidine rings is 1. The Balaban J connectivity index is 1.08. The molecule has 6 rings (SSSR count). The maximum atomic E-state index is 12.9. The van der Waals surface area contributed by atoms with Crippen LogP contribution in [0.25, 0.3) is 17.1 Å². The van der Waals surface area contributed by atoms with Crippen LogP contribution in [0.1, 0.15) is 49.8 Å². The normalized spacial score (nSPS) is 24.5. The molecule has 37 heavy (non-hydrogen) atoms. The third-order valence-corrected chi connectivity index (χ3v) is 8.32. The van der Waals surface area contributed by atoms with E-state index >= 15 is 0 Å². The van der Waals surface area contributed by atoms with E-state index in [0.29, 0.717) is 30.8 Å². The van der Waals surface area contributed by atoms with E-state index in [2.05, 4.69) is 27.8 Å². The van der Waals surface area contributed by atoms with Gasteiger partial charge in [0.15, 0.2) is 0 Å². The van der Waals surface area contributed by atoms with Gasteiger partial charge in [0.2, 0.25) is 5.91 Å². The zero-order valence-corrected chi connectivity index (χ0v) is 21.1. The Morgan fingerprint density at radius 1 is 1.19 bits per heavy atom. The smallest absolute Gasteiger partial charge is 0.252 e. The SMILES string of the molecule is C=Cc1ccc2c(c1)C1(CCN(CCOc3cnc4c(ccc(=O)n4C4CC(C)(O)C4)c3)CC1)C(=O)N2. The monoisotopic (exact) mass is 500 g/mol. The van der Waals surface area contributed by atoms with Crippen LogP contribution in [0, 0.1) is 0 Å². The van der Waals surface area contributed by atoms with E-state index < -0.39 is 11.0 Å². The highest BCUT2D eigenvalue weighted by atomic mass is 16.5. The fourth-order valence-corrected chi connectivity index (χ4v) is 6.20. The highest BCUT2D eigenvalue weighted by molar-refractivity contribution is 6.06.